The summed E-state index contributed by atoms with van der Waals surface area (Å²) >= 11 is 0. The molecule has 3 aromatic rings. The van der Waals surface area contributed by atoms with Crippen LogP contribution in [0.1, 0.15) is 31.8 Å². The monoisotopic (exact) mass is 330 g/mol. The molecule has 3 rings (SSSR count). The van der Waals surface area contributed by atoms with Crippen molar-refractivity contribution < 1.29 is 9.59 Å². The Balaban J connectivity index is 1.77. The highest BCUT2D eigenvalue weighted by molar-refractivity contribution is 6.10. The summed E-state index contributed by atoms with van der Waals surface area (Å²) in [5.74, 6) is -0.313. The average Bonchev–Trinajstić information content (AvgIpc) is 2.65. The van der Waals surface area contributed by atoms with Gasteiger partial charge in [0.05, 0.1) is 0 Å². The quantitative estimate of drug-likeness (QED) is 0.560. The smallest absolute Gasteiger partial charge is 0.255 e. The molecule has 3 N–H and O–H groups in total. The van der Waals surface area contributed by atoms with E-state index in [0.29, 0.717) is 28.1 Å². The third-order valence-corrected chi connectivity index (χ3v) is 3.96. The summed E-state index contributed by atoms with van der Waals surface area (Å²) in [6.45, 7) is 1.90. The van der Waals surface area contributed by atoms with E-state index in [4.69, 9.17) is 5.73 Å². The molecule has 0 saturated carbocycles. The van der Waals surface area contributed by atoms with Crippen molar-refractivity contribution in [3.8, 4) is 0 Å². The second-order valence-electron chi connectivity index (χ2n) is 5.80. The van der Waals surface area contributed by atoms with Crippen molar-refractivity contribution in [3.63, 3.8) is 0 Å². The van der Waals surface area contributed by atoms with Gasteiger partial charge in [-0.1, -0.05) is 48.5 Å². The summed E-state index contributed by atoms with van der Waals surface area (Å²) in [5, 5.41) is 2.84. The Labute approximate surface area is 146 Å². The first kappa shape index (κ1) is 16.5. The zero-order valence-electron chi connectivity index (χ0n) is 13.8. The van der Waals surface area contributed by atoms with E-state index in [2.05, 4.69) is 5.32 Å². The van der Waals surface area contributed by atoms with Crippen LogP contribution in [-0.2, 0) is 0 Å². The van der Waals surface area contributed by atoms with E-state index in [-0.39, 0.29) is 11.7 Å². The van der Waals surface area contributed by atoms with E-state index in [1.165, 1.54) is 0 Å². The normalized spacial score (nSPS) is 10.3. The number of carbonyl (C=O) groups excluding carboxylic acids is 2. The molecule has 0 bridgehead atoms. The molecule has 124 valence electrons. The molecule has 1 amide bonds. The van der Waals surface area contributed by atoms with Crippen molar-refractivity contribution >= 4 is 23.1 Å². The lowest BCUT2D eigenvalue weighted by atomic mass is 10.0. The van der Waals surface area contributed by atoms with Crippen LogP contribution in [-0.4, -0.2) is 11.7 Å². The predicted octanol–water partition coefficient (Wildman–Crippen LogP) is 4.06. The van der Waals surface area contributed by atoms with E-state index in [1.807, 2.05) is 31.2 Å². The van der Waals surface area contributed by atoms with Crippen LogP contribution in [0.3, 0.4) is 0 Å². The van der Waals surface area contributed by atoms with Crippen LogP contribution in [0.4, 0.5) is 11.4 Å². The van der Waals surface area contributed by atoms with Gasteiger partial charge in [-0.2, -0.15) is 0 Å². The van der Waals surface area contributed by atoms with Crippen molar-refractivity contribution in [1.82, 2.24) is 0 Å². The third kappa shape index (κ3) is 3.75. The van der Waals surface area contributed by atoms with Gasteiger partial charge in [0.15, 0.2) is 5.78 Å². The number of benzene rings is 3. The molecular formula is C21H18N2O2. The van der Waals surface area contributed by atoms with Gasteiger partial charge in [0.2, 0.25) is 0 Å². The zero-order valence-corrected chi connectivity index (χ0v) is 13.8. The lowest BCUT2D eigenvalue weighted by Crippen LogP contribution is -2.13. The molecule has 0 radical (unpaired) electrons. The standard InChI is InChI=1S/C21H18N2O2/c1-14-7-12-18(22)13-19(14)23-21(25)17-10-8-16(9-11-17)20(24)15-5-3-2-4-6-15/h2-13H,22H2,1H3,(H,23,25). The molecule has 4 heteroatoms. The number of hydrogen-bond donors (Lipinski definition) is 2. The minimum Gasteiger partial charge on any atom is -0.399 e. The molecule has 0 aliphatic carbocycles. The summed E-state index contributed by atoms with van der Waals surface area (Å²) in [6.07, 6.45) is 0. The molecule has 25 heavy (non-hydrogen) atoms. The number of ketones is 1. The SMILES string of the molecule is Cc1ccc(N)cc1NC(=O)c1ccc(C(=O)c2ccccc2)cc1. The van der Waals surface area contributed by atoms with Gasteiger partial charge in [0, 0.05) is 28.1 Å². The zero-order chi connectivity index (χ0) is 17.8. The topological polar surface area (TPSA) is 72.2 Å². The molecule has 0 spiro atoms. The Morgan fingerprint density at radius 3 is 2.08 bits per heavy atom. The summed E-state index contributed by atoms with van der Waals surface area (Å²) in [4.78, 5) is 24.8. The predicted molar refractivity (Wildman–Crippen MR) is 99.9 cm³/mol. The summed E-state index contributed by atoms with van der Waals surface area (Å²) < 4.78 is 0. The van der Waals surface area contributed by atoms with E-state index >= 15 is 0 Å². The fraction of sp³-hybridized carbons (Fsp3) is 0.0476. The first-order valence-electron chi connectivity index (χ1n) is 7.92. The summed E-state index contributed by atoms with van der Waals surface area (Å²) in [5.41, 5.74) is 9.60. The largest absolute Gasteiger partial charge is 0.399 e. The van der Waals surface area contributed by atoms with Crippen LogP contribution in [0.5, 0.6) is 0 Å². The lowest BCUT2D eigenvalue weighted by molar-refractivity contribution is 0.102. The second-order valence-corrected chi connectivity index (χ2v) is 5.80. The molecule has 0 aromatic heterocycles. The Morgan fingerprint density at radius 2 is 1.40 bits per heavy atom. The van der Waals surface area contributed by atoms with Crippen LogP contribution < -0.4 is 11.1 Å². The Morgan fingerprint density at radius 1 is 0.800 bits per heavy atom. The fourth-order valence-electron chi connectivity index (χ4n) is 2.50. The van der Waals surface area contributed by atoms with Gasteiger partial charge in [-0.3, -0.25) is 9.59 Å². The molecule has 3 aromatic carbocycles. The van der Waals surface area contributed by atoms with Crippen LogP contribution in [0.25, 0.3) is 0 Å². The highest BCUT2D eigenvalue weighted by Crippen LogP contribution is 2.19. The number of aryl methyl sites for hydroxylation is 1. The Bertz CT molecular complexity index is 916. The molecule has 0 aliphatic heterocycles. The van der Waals surface area contributed by atoms with Gasteiger partial charge in [-0.05, 0) is 36.8 Å². The highest BCUT2D eigenvalue weighted by atomic mass is 16.1. The molecular weight excluding hydrogens is 312 g/mol. The average molecular weight is 330 g/mol. The number of anilines is 2. The highest BCUT2D eigenvalue weighted by Gasteiger charge is 2.11. The maximum atomic E-state index is 12.4. The maximum absolute atomic E-state index is 12.4. The van der Waals surface area contributed by atoms with Gasteiger partial charge in [0.1, 0.15) is 0 Å². The molecule has 0 heterocycles. The fourth-order valence-corrected chi connectivity index (χ4v) is 2.50. The van der Waals surface area contributed by atoms with Crippen LogP contribution in [0, 0.1) is 6.92 Å². The van der Waals surface area contributed by atoms with Crippen molar-refractivity contribution in [2.24, 2.45) is 0 Å². The number of carbonyl (C=O) groups is 2. The van der Waals surface area contributed by atoms with Gasteiger partial charge in [0.25, 0.3) is 5.91 Å². The number of hydrogen-bond acceptors (Lipinski definition) is 3. The van der Waals surface area contributed by atoms with Crippen molar-refractivity contribution in [3.05, 3.63) is 95.1 Å². The number of nitrogen functional groups attached to an aromatic ring is 1. The van der Waals surface area contributed by atoms with E-state index in [9.17, 15) is 9.59 Å². The van der Waals surface area contributed by atoms with Gasteiger partial charge < -0.3 is 11.1 Å². The first-order chi connectivity index (χ1) is 12.0. The van der Waals surface area contributed by atoms with Gasteiger partial charge in [-0.15, -0.1) is 0 Å². The molecule has 4 nitrogen and oxygen atoms in total. The summed E-state index contributed by atoms with van der Waals surface area (Å²) in [7, 11) is 0. The van der Waals surface area contributed by atoms with Crippen molar-refractivity contribution in [2.45, 2.75) is 6.92 Å². The van der Waals surface area contributed by atoms with E-state index in [0.717, 1.165) is 5.56 Å². The number of nitrogens with one attached hydrogen (secondary N) is 1. The maximum Gasteiger partial charge on any atom is 0.255 e. The van der Waals surface area contributed by atoms with Gasteiger partial charge in [-0.25, -0.2) is 0 Å². The van der Waals surface area contributed by atoms with Crippen molar-refractivity contribution in [1.29, 1.82) is 0 Å². The number of nitrogens with two attached hydrogens (primary N) is 1. The first-order valence-corrected chi connectivity index (χ1v) is 7.92. The van der Waals surface area contributed by atoms with E-state index in [1.54, 1.807) is 48.5 Å². The molecule has 0 saturated heterocycles. The lowest BCUT2D eigenvalue weighted by Gasteiger charge is -2.09. The molecule has 0 fully saturated rings. The van der Waals surface area contributed by atoms with Crippen LogP contribution in [0.15, 0.2) is 72.8 Å². The van der Waals surface area contributed by atoms with Crippen molar-refractivity contribution in [2.75, 3.05) is 11.1 Å². The minimum atomic E-state index is -0.243. The Kier molecular flexibility index (Phi) is 4.61. The number of rotatable bonds is 4. The Hall–Kier alpha value is -3.40. The van der Waals surface area contributed by atoms with E-state index < -0.39 is 0 Å². The minimum absolute atomic E-state index is 0.0702. The van der Waals surface area contributed by atoms with Gasteiger partial charge >= 0.3 is 0 Å². The third-order valence-electron chi connectivity index (χ3n) is 3.96. The second kappa shape index (κ2) is 7.01. The van der Waals surface area contributed by atoms with Crippen LogP contribution >= 0.6 is 0 Å². The molecule has 0 unspecified atom stereocenters. The molecule has 0 aliphatic rings. The summed E-state index contributed by atoms with van der Waals surface area (Å²) in [6, 6.07) is 21.0. The number of amides is 1. The van der Waals surface area contributed by atoms with Crippen LogP contribution in [0.2, 0.25) is 0 Å². The molecule has 0 atom stereocenters.